The van der Waals surface area contributed by atoms with Gasteiger partial charge in [-0.05, 0) is 140 Å². The fraction of sp³-hybridized carbons (Fsp3) is 0.815. The number of rotatable bonds is 16. The van der Waals surface area contributed by atoms with Gasteiger partial charge in [0.25, 0.3) is 5.56 Å². The molecule has 16 heteroatoms. The molecule has 0 aromatic carbocycles. The maximum Gasteiger partial charge on any atom is 0.330 e. The summed E-state index contributed by atoms with van der Waals surface area (Å²) < 4.78 is 25.5. The molecule has 1 saturated heterocycles. The Morgan fingerprint density at radius 3 is 2.19 bits per heavy atom. The lowest BCUT2D eigenvalue weighted by Crippen LogP contribution is -2.67. The lowest BCUT2D eigenvalue weighted by Gasteiger charge is -2.73. The molecule has 16 nitrogen and oxygen atoms in total. The van der Waals surface area contributed by atoms with Gasteiger partial charge < -0.3 is 24.1 Å². The fourth-order valence-electron chi connectivity index (χ4n) is 16.2. The zero-order valence-corrected chi connectivity index (χ0v) is 43.8. The molecular formula is C54H81N5O11. The summed E-state index contributed by atoms with van der Waals surface area (Å²) >= 11 is 0. The summed E-state index contributed by atoms with van der Waals surface area (Å²) in [5.74, 6) is -0.134. The highest BCUT2D eigenvalue weighted by Crippen LogP contribution is 2.77. The Balaban J connectivity index is 0.981. The summed E-state index contributed by atoms with van der Waals surface area (Å²) in [6.45, 7) is 28.0. The SMILES string of the molecule is C=C(C)[C@@H]1CC[C@]2(COC(=O)CC(C)(C)CC(=O)OC[C@H]3O[C@@H](n4cc(C)c(=O)[nH]c4=O)C[C@@H]3N=[N+]=[N-])CC[C@]3(C)[C@H](CC[C@@H]4[C@@]5(C)CC[C@H](OC(=O)CC(C)(C)CC(=O)O)C(C)(C)[C@@H]5CC[C@]43C)[C@@H]12. The van der Waals surface area contributed by atoms with Crippen molar-refractivity contribution in [1.29, 1.82) is 0 Å². The minimum Gasteiger partial charge on any atom is -0.481 e. The molecule has 5 saturated carbocycles. The fourth-order valence-corrected chi connectivity index (χ4v) is 16.2. The molecule has 0 unspecified atom stereocenters. The molecule has 7 rings (SSSR count). The number of carboxylic acid groups (broad SMARTS) is 1. The monoisotopic (exact) mass is 976 g/mol. The number of nitrogens with zero attached hydrogens (tertiary/aromatic N) is 4. The van der Waals surface area contributed by atoms with Gasteiger partial charge in [0.2, 0.25) is 0 Å². The van der Waals surface area contributed by atoms with Crippen LogP contribution in [0, 0.1) is 74.4 Å². The Morgan fingerprint density at radius 1 is 0.871 bits per heavy atom. The number of carbonyl (C=O) groups is 4. The van der Waals surface area contributed by atoms with Crippen LogP contribution in [0.15, 0.2) is 33.1 Å². The smallest absolute Gasteiger partial charge is 0.330 e. The van der Waals surface area contributed by atoms with E-state index in [1.807, 2.05) is 27.7 Å². The lowest BCUT2D eigenvalue weighted by molar-refractivity contribution is -0.252. The van der Waals surface area contributed by atoms with E-state index in [9.17, 15) is 39.4 Å². The van der Waals surface area contributed by atoms with E-state index in [0.717, 1.165) is 64.2 Å². The van der Waals surface area contributed by atoms with Gasteiger partial charge in [0.05, 0.1) is 38.3 Å². The lowest BCUT2D eigenvalue weighted by atomic mass is 9.32. The number of aliphatic carboxylic acids is 1. The zero-order valence-electron chi connectivity index (χ0n) is 43.8. The molecule has 6 fully saturated rings. The molecule has 70 heavy (non-hydrogen) atoms. The first-order valence-electron chi connectivity index (χ1n) is 25.9. The first-order valence-corrected chi connectivity index (χ1v) is 25.9. The van der Waals surface area contributed by atoms with Crippen molar-refractivity contribution >= 4 is 23.9 Å². The Hall–Kier alpha value is -4.43. The van der Waals surface area contributed by atoms with Crippen LogP contribution in [0.2, 0.25) is 0 Å². The third kappa shape index (κ3) is 9.90. The highest BCUT2D eigenvalue weighted by atomic mass is 16.6. The summed E-state index contributed by atoms with van der Waals surface area (Å²) in [6.07, 6.45) is 9.80. The van der Waals surface area contributed by atoms with Crippen molar-refractivity contribution in [3.8, 4) is 0 Å². The van der Waals surface area contributed by atoms with Crippen LogP contribution in [0.3, 0.4) is 0 Å². The number of hydrogen-bond donors (Lipinski definition) is 2. The van der Waals surface area contributed by atoms with E-state index >= 15 is 0 Å². The molecule has 5 aliphatic carbocycles. The van der Waals surface area contributed by atoms with Crippen molar-refractivity contribution in [2.75, 3.05) is 13.2 Å². The van der Waals surface area contributed by atoms with Crippen molar-refractivity contribution in [3.05, 3.63) is 55.2 Å². The van der Waals surface area contributed by atoms with E-state index in [1.165, 1.54) is 16.3 Å². The number of esters is 3. The number of ether oxygens (including phenoxy) is 4. The van der Waals surface area contributed by atoms with Crippen LogP contribution in [0.5, 0.6) is 0 Å². The minimum atomic E-state index is -0.915. The van der Waals surface area contributed by atoms with Crippen molar-refractivity contribution < 1.29 is 43.2 Å². The van der Waals surface area contributed by atoms with Crippen LogP contribution < -0.4 is 11.2 Å². The molecule has 1 aromatic heterocycles. The second-order valence-corrected chi connectivity index (χ2v) is 25.8. The van der Waals surface area contributed by atoms with Crippen LogP contribution in [-0.2, 0) is 38.1 Å². The Morgan fingerprint density at radius 2 is 1.53 bits per heavy atom. The van der Waals surface area contributed by atoms with Crippen LogP contribution in [-0.4, -0.2) is 70.0 Å². The molecule has 2 N–H and O–H groups in total. The molecule has 6 aliphatic rings. The molecule has 13 atom stereocenters. The number of azide groups is 1. The van der Waals surface area contributed by atoms with Crippen LogP contribution >= 0.6 is 0 Å². The normalized spacial score (nSPS) is 36.5. The molecule has 0 radical (unpaired) electrons. The van der Waals surface area contributed by atoms with Gasteiger partial charge in [0.1, 0.15) is 25.0 Å². The maximum atomic E-state index is 13.8. The molecule has 388 valence electrons. The third-order valence-corrected chi connectivity index (χ3v) is 19.7. The highest BCUT2D eigenvalue weighted by molar-refractivity contribution is 5.74. The topological polar surface area (TPSA) is 229 Å². The van der Waals surface area contributed by atoms with E-state index in [0.29, 0.717) is 41.8 Å². The van der Waals surface area contributed by atoms with E-state index in [4.69, 9.17) is 18.9 Å². The number of hydrogen-bond acceptors (Lipinski definition) is 11. The van der Waals surface area contributed by atoms with Crippen LogP contribution in [0.1, 0.15) is 177 Å². The second kappa shape index (κ2) is 19.2. The quantitative estimate of drug-likeness (QED) is 0.0395. The summed E-state index contributed by atoms with van der Waals surface area (Å²) in [5, 5.41) is 13.2. The van der Waals surface area contributed by atoms with Crippen LogP contribution in [0.4, 0.5) is 0 Å². The first kappa shape index (κ1) is 53.4. The second-order valence-electron chi connectivity index (χ2n) is 25.8. The molecule has 0 bridgehead atoms. The minimum absolute atomic E-state index is 0.0182. The predicted molar refractivity (Wildman–Crippen MR) is 262 cm³/mol. The summed E-state index contributed by atoms with van der Waals surface area (Å²) in [6, 6.07) is -0.724. The average Bonchev–Trinajstić information content (AvgIpc) is 3.83. The molecule has 1 aromatic rings. The number of fused-ring (bicyclic) bond motifs is 7. The van der Waals surface area contributed by atoms with Gasteiger partial charge in [-0.3, -0.25) is 33.5 Å². The molecule has 1 aliphatic heterocycles. The Bertz CT molecular complexity index is 2400. The predicted octanol–water partition coefficient (Wildman–Crippen LogP) is 10.2. The Kier molecular flexibility index (Phi) is 14.6. The summed E-state index contributed by atoms with van der Waals surface area (Å²) in [7, 11) is 0. The Labute approximate surface area is 413 Å². The van der Waals surface area contributed by atoms with Gasteiger partial charge in [-0.25, -0.2) is 4.79 Å². The van der Waals surface area contributed by atoms with Gasteiger partial charge in [0.15, 0.2) is 0 Å². The number of aromatic amines is 1. The van der Waals surface area contributed by atoms with E-state index in [2.05, 4.69) is 63.1 Å². The number of H-pyrrole nitrogens is 1. The largest absolute Gasteiger partial charge is 0.481 e. The number of carbonyl (C=O) groups excluding carboxylic acids is 3. The molecule has 0 amide bonds. The van der Waals surface area contributed by atoms with Gasteiger partial charge in [-0.1, -0.05) is 79.6 Å². The maximum absolute atomic E-state index is 13.8. The molecular weight excluding hydrogens is 895 g/mol. The standard InChI is InChI=1S/C54H81N5O11/c1-31(2)33-15-20-54(30-68-43(63)26-49(6,7)25-42(62)67-29-36-35(57-58-55)23-40(69-36)59-28-32(3)46(65)56-47(59)66)22-21-52(11)34(45(33)54)13-14-38-51(10)18-17-39(50(8,9)37(51)16-19-53(38,52)12)70-44(64)27-48(4,5)24-41(60)61/h28,33-40,45H,1,13-27,29-30H2,2-12H3,(H,60,61)(H,56,65,66)/t33-,34+,35-,36+,37-,38+,39-,40+,45+,51-,52+,53+,54+/m0/s1. The number of nitrogens with one attached hydrogen (secondary N) is 1. The van der Waals surface area contributed by atoms with Gasteiger partial charge in [-0.2, -0.15) is 0 Å². The third-order valence-electron chi connectivity index (χ3n) is 19.7. The van der Waals surface area contributed by atoms with Crippen molar-refractivity contribution in [2.24, 2.45) is 72.6 Å². The first-order chi connectivity index (χ1) is 32.5. The highest BCUT2D eigenvalue weighted by Gasteiger charge is 2.71. The van der Waals surface area contributed by atoms with Crippen LogP contribution in [0.25, 0.3) is 10.4 Å². The zero-order chi connectivity index (χ0) is 51.6. The molecule has 2 heterocycles. The van der Waals surface area contributed by atoms with E-state index in [1.54, 1.807) is 6.92 Å². The number of carboxylic acids is 1. The van der Waals surface area contributed by atoms with E-state index < -0.39 is 52.4 Å². The van der Waals surface area contributed by atoms with Crippen molar-refractivity contribution in [2.45, 2.75) is 197 Å². The van der Waals surface area contributed by atoms with Crippen molar-refractivity contribution in [1.82, 2.24) is 9.55 Å². The van der Waals surface area contributed by atoms with E-state index in [-0.39, 0.29) is 83.8 Å². The van der Waals surface area contributed by atoms with Gasteiger partial charge in [-0.15, -0.1) is 0 Å². The van der Waals surface area contributed by atoms with Gasteiger partial charge >= 0.3 is 29.6 Å². The summed E-state index contributed by atoms with van der Waals surface area (Å²) in [4.78, 5) is 81.5. The number of allylic oxidation sites excluding steroid dienone is 1. The molecule has 0 spiro atoms. The summed E-state index contributed by atoms with van der Waals surface area (Å²) in [5.41, 5.74) is 7.90. The number of aryl methyl sites for hydroxylation is 1. The van der Waals surface area contributed by atoms with Crippen molar-refractivity contribution in [3.63, 3.8) is 0 Å². The average molecular weight is 976 g/mol. The van der Waals surface area contributed by atoms with Gasteiger partial charge in [0, 0.05) is 33.9 Å². The number of aromatic nitrogens is 2.